The van der Waals surface area contributed by atoms with Gasteiger partial charge in [-0.25, -0.2) is 0 Å². The lowest BCUT2D eigenvalue weighted by Crippen LogP contribution is -2.39. The summed E-state index contributed by atoms with van der Waals surface area (Å²) in [6, 6.07) is 43.4. The zero-order chi connectivity index (χ0) is 23.2. The van der Waals surface area contributed by atoms with Gasteiger partial charge in [-0.05, 0) is 36.4 Å². The predicted molar refractivity (Wildman–Crippen MR) is 153 cm³/mol. The first-order valence-corrected chi connectivity index (χ1v) is 14.8. The van der Waals surface area contributed by atoms with Crippen LogP contribution < -0.4 is 21.3 Å². The maximum Gasteiger partial charge on any atom is 0.223 e. The number of nitrogens with zero attached hydrogens (tertiary/aromatic N) is 1. The van der Waals surface area contributed by atoms with Gasteiger partial charge in [0.25, 0.3) is 0 Å². The summed E-state index contributed by atoms with van der Waals surface area (Å²) >= 11 is 3.63. The molecule has 0 N–H and O–H groups in total. The number of hydrogen-bond acceptors (Lipinski definition) is 3. The first kappa shape index (κ1) is 22.8. The third-order valence-corrected chi connectivity index (χ3v) is 12.5. The molecule has 0 bridgehead atoms. The summed E-state index contributed by atoms with van der Waals surface area (Å²) in [5.74, 6) is 0.849. The Morgan fingerprint density at radius 3 is 1.56 bits per heavy atom. The molecule has 0 aliphatic heterocycles. The van der Waals surface area contributed by atoms with Crippen LogP contribution in [0.5, 0.6) is 0 Å². The first-order valence-electron chi connectivity index (χ1n) is 11.2. The molecular weight excluding hydrogens is 469 g/mol. The summed E-state index contributed by atoms with van der Waals surface area (Å²) in [4.78, 5) is 5.45. The van der Waals surface area contributed by atoms with Crippen LogP contribution in [0.3, 0.4) is 0 Å². The zero-order valence-electron chi connectivity index (χ0n) is 18.7. The molecule has 0 aliphatic rings. The molecule has 1 nitrogen and oxygen atoms in total. The van der Waals surface area contributed by atoms with E-state index in [9.17, 15) is 0 Å². The summed E-state index contributed by atoms with van der Waals surface area (Å²) in [5.41, 5.74) is 2.35. The molecular formula is C30H25NPS2+. The van der Waals surface area contributed by atoms with Crippen molar-refractivity contribution in [2.24, 2.45) is 0 Å². The van der Waals surface area contributed by atoms with Gasteiger partial charge in [-0.3, -0.25) is 0 Å². The van der Waals surface area contributed by atoms with Gasteiger partial charge in [-0.15, -0.1) is 29.7 Å². The van der Waals surface area contributed by atoms with Crippen molar-refractivity contribution in [3.63, 3.8) is 0 Å². The average Bonchev–Trinajstić information content (AvgIpc) is 3.35. The average molecular weight is 495 g/mol. The summed E-state index contributed by atoms with van der Waals surface area (Å²) < 4.78 is 1.27. The van der Waals surface area contributed by atoms with Crippen LogP contribution >= 0.6 is 30.4 Å². The van der Waals surface area contributed by atoms with Crippen LogP contribution in [0.1, 0.15) is 0 Å². The van der Waals surface area contributed by atoms with E-state index in [0.717, 1.165) is 16.3 Å². The summed E-state index contributed by atoms with van der Waals surface area (Å²) in [6.07, 6.45) is 1.98. The topological polar surface area (TPSA) is 12.9 Å². The molecule has 166 valence electrons. The molecule has 0 aliphatic carbocycles. The highest BCUT2D eigenvalue weighted by Crippen LogP contribution is 2.56. The lowest BCUT2D eigenvalue weighted by molar-refractivity contribution is 1.44. The number of benzene rings is 4. The molecule has 5 aromatic rings. The van der Waals surface area contributed by atoms with Crippen LogP contribution in [0.2, 0.25) is 0 Å². The fraction of sp³-hybridized carbons (Fsp3) is 0.0333. The second kappa shape index (κ2) is 10.5. The predicted octanol–water partition coefficient (Wildman–Crippen LogP) is 6.71. The van der Waals surface area contributed by atoms with Crippen LogP contribution in [0.15, 0.2) is 138 Å². The smallest absolute Gasteiger partial charge is 0.200 e. The first-order chi connectivity index (χ1) is 16.8. The zero-order valence-corrected chi connectivity index (χ0v) is 21.3. The molecule has 0 spiro atoms. The van der Waals surface area contributed by atoms with Crippen molar-refractivity contribution in [2.75, 3.05) is 5.75 Å². The van der Waals surface area contributed by atoms with E-state index in [-0.39, 0.29) is 0 Å². The standard InChI is InChI=1S/C30H25NPS2/c1-2-23-33-30-28(31-29(34-30)24-15-7-3-8-16-24)32(25-17-9-4-10-18-25,26-19-11-5-12-20-26)27-21-13-6-14-22-27/h2-22H,1,23H2/q+1. The van der Waals surface area contributed by atoms with Crippen molar-refractivity contribution >= 4 is 51.7 Å². The molecule has 0 amide bonds. The molecule has 1 aromatic heterocycles. The fourth-order valence-corrected chi connectivity index (χ4v) is 11.3. The Labute approximate surface area is 210 Å². The molecule has 34 heavy (non-hydrogen) atoms. The molecule has 1 heterocycles. The Morgan fingerprint density at radius 1 is 0.676 bits per heavy atom. The van der Waals surface area contributed by atoms with Gasteiger partial charge in [0.15, 0.2) is 7.26 Å². The van der Waals surface area contributed by atoms with Crippen molar-refractivity contribution in [3.8, 4) is 10.6 Å². The SMILES string of the molecule is C=CCSc1sc(-c2ccccc2)nc1[P+](c1ccccc1)(c1ccccc1)c1ccccc1. The minimum Gasteiger partial charge on any atom is -0.200 e. The maximum absolute atomic E-state index is 5.45. The van der Waals surface area contributed by atoms with Crippen LogP contribution in [-0.2, 0) is 0 Å². The van der Waals surface area contributed by atoms with E-state index in [1.54, 1.807) is 11.3 Å². The van der Waals surface area contributed by atoms with E-state index >= 15 is 0 Å². The van der Waals surface area contributed by atoms with Gasteiger partial charge in [0.05, 0.1) is 0 Å². The molecule has 0 radical (unpaired) electrons. The Hall–Kier alpha value is -2.97. The molecule has 4 heteroatoms. The van der Waals surface area contributed by atoms with E-state index in [0.29, 0.717) is 0 Å². The second-order valence-corrected chi connectivity index (χ2v) is 13.4. The Morgan fingerprint density at radius 2 is 1.12 bits per heavy atom. The third-order valence-electron chi connectivity index (χ3n) is 5.68. The van der Waals surface area contributed by atoms with Crippen molar-refractivity contribution in [1.29, 1.82) is 0 Å². The number of thiazole rings is 1. The van der Waals surface area contributed by atoms with Crippen LogP contribution in [0, 0.1) is 0 Å². The van der Waals surface area contributed by atoms with Crippen LogP contribution in [-0.4, -0.2) is 10.7 Å². The largest absolute Gasteiger partial charge is 0.223 e. The summed E-state index contributed by atoms with van der Waals surface area (Å²) in [6.45, 7) is 3.98. The third kappa shape index (κ3) is 4.28. The van der Waals surface area contributed by atoms with Crippen LogP contribution in [0.25, 0.3) is 10.6 Å². The van der Waals surface area contributed by atoms with Crippen molar-refractivity contribution in [1.82, 2.24) is 4.98 Å². The highest BCUT2D eigenvalue weighted by molar-refractivity contribution is 8.05. The lowest BCUT2D eigenvalue weighted by Gasteiger charge is -2.26. The Bertz CT molecular complexity index is 1250. The maximum atomic E-state index is 5.45. The van der Waals surface area contributed by atoms with E-state index in [1.807, 2.05) is 17.8 Å². The molecule has 0 fully saturated rings. The highest BCUT2D eigenvalue weighted by Gasteiger charge is 2.52. The molecule has 0 saturated heterocycles. The van der Waals surface area contributed by atoms with Crippen molar-refractivity contribution < 1.29 is 0 Å². The van der Waals surface area contributed by atoms with Gasteiger partial charge in [-0.1, -0.05) is 91.0 Å². The van der Waals surface area contributed by atoms with E-state index in [2.05, 4.69) is 128 Å². The summed E-state index contributed by atoms with van der Waals surface area (Å²) in [5, 5.41) is 5.02. The minimum atomic E-state index is -2.24. The molecule has 0 saturated carbocycles. The van der Waals surface area contributed by atoms with Gasteiger partial charge in [0, 0.05) is 11.3 Å². The van der Waals surface area contributed by atoms with Crippen LogP contribution in [0.4, 0.5) is 0 Å². The number of hydrogen-bond donors (Lipinski definition) is 0. The molecule has 5 rings (SSSR count). The number of rotatable bonds is 8. The van der Waals surface area contributed by atoms with Gasteiger partial charge in [-0.2, -0.15) is 4.98 Å². The second-order valence-electron chi connectivity index (χ2n) is 7.77. The van der Waals surface area contributed by atoms with Gasteiger partial charge in [0.2, 0.25) is 5.44 Å². The van der Waals surface area contributed by atoms with E-state index in [1.165, 1.54) is 25.6 Å². The van der Waals surface area contributed by atoms with Crippen molar-refractivity contribution in [3.05, 3.63) is 134 Å². The molecule has 0 atom stereocenters. The Balaban J connectivity index is 1.88. The lowest BCUT2D eigenvalue weighted by atomic mass is 10.2. The van der Waals surface area contributed by atoms with E-state index < -0.39 is 7.26 Å². The Kier molecular flexibility index (Phi) is 7.06. The molecule has 0 unspecified atom stereocenters. The fourth-order valence-electron chi connectivity index (χ4n) is 4.21. The number of aromatic nitrogens is 1. The van der Waals surface area contributed by atoms with Gasteiger partial charge in [0.1, 0.15) is 25.1 Å². The molecule has 4 aromatic carbocycles. The normalized spacial score (nSPS) is 11.3. The number of thioether (sulfide) groups is 1. The highest BCUT2D eigenvalue weighted by atomic mass is 32.2. The minimum absolute atomic E-state index is 0.849. The summed E-state index contributed by atoms with van der Waals surface area (Å²) in [7, 11) is -2.24. The monoisotopic (exact) mass is 494 g/mol. The van der Waals surface area contributed by atoms with E-state index in [4.69, 9.17) is 4.98 Å². The quantitative estimate of drug-likeness (QED) is 0.135. The van der Waals surface area contributed by atoms with Gasteiger partial charge < -0.3 is 0 Å². The van der Waals surface area contributed by atoms with Gasteiger partial charge >= 0.3 is 0 Å². The van der Waals surface area contributed by atoms with Crippen molar-refractivity contribution in [2.45, 2.75) is 4.21 Å².